The Morgan fingerprint density at radius 1 is 0.865 bits per heavy atom. The molecule has 37 heavy (non-hydrogen) atoms. The van der Waals surface area contributed by atoms with Crippen molar-refractivity contribution in [1.29, 1.82) is 0 Å². The first-order valence-corrected chi connectivity index (χ1v) is 12.8. The third-order valence-electron chi connectivity index (χ3n) is 5.15. The van der Waals surface area contributed by atoms with Gasteiger partial charge in [0.25, 0.3) is 17.7 Å². The molecule has 192 valence electrons. The molecule has 0 aliphatic rings. The minimum absolute atomic E-state index is 0.0696. The molecule has 3 amide bonds. The third kappa shape index (κ3) is 8.40. The highest BCUT2D eigenvalue weighted by molar-refractivity contribution is 9.10. The van der Waals surface area contributed by atoms with E-state index in [1.165, 1.54) is 0 Å². The van der Waals surface area contributed by atoms with Gasteiger partial charge < -0.3 is 10.1 Å². The summed E-state index contributed by atoms with van der Waals surface area (Å²) in [6.07, 6.45) is 1.96. The molecule has 3 aromatic carbocycles. The Balaban J connectivity index is 1.47. The summed E-state index contributed by atoms with van der Waals surface area (Å²) in [7, 11) is 0. The molecule has 0 heterocycles. The number of carbonyl (C=O) groups excluding carboxylic acids is 3. The molecule has 8 nitrogen and oxygen atoms in total. The number of rotatable bonds is 8. The third-order valence-corrected chi connectivity index (χ3v) is 5.98. The molecule has 4 N–H and O–H groups in total. The largest absolute Gasteiger partial charge is 0.492 e. The summed E-state index contributed by atoms with van der Waals surface area (Å²) in [5.74, 6) is -0.501. The van der Waals surface area contributed by atoms with Crippen LogP contribution in [0.2, 0.25) is 0 Å². The number of nitrogens with one attached hydrogen (secondary N) is 4. The van der Waals surface area contributed by atoms with E-state index < -0.39 is 11.8 Å². The molecule has 0 aliphatic heterocycles. The maximum atomic E-state index is 12.5. The second-order valence-corrected chi connectivity index (χ2v) is 9.37. The van der Waals surface area contributed by atoms with Crippen molar-refractivity contribution in [2.75, 3.05) is 11.9 Å². The fraction of sp³-hybridized carbons (Fsp3) is 0.185. The average Bonchev–Trinajstić information content (AvgIpc) is 2.88. The van der Waals surface area contributed by atoms with Crippen molar-refractivity contribution in [2.45, 2.75) is 26.7 Å². The number of halogens is 1. The lowest BCUT2D eigenvalue weighted by Crippen LogP contribution is -2.48. The number of hydrogen-bond donors (Lipinski definition) is 4. The number of unbranched alkanes of at least 4 members (excludes halogenated alkanes) is 1. The number of thiocarbonyl (C=S) groups is 1. The van der Waals surface area contributed by atoms with Crippen LogP contribution in [0.3, 0.4) is 0 Å². The topological polar surface area (TPSA) is 109 Å². The highest BCUT2D eigenvalue weighted by Crippen LogP contribution is 2.26. The van der Waals surface area contributed by atoms with Crippen molar-refractivity contribution in [3.63, 3.8) is 0 Å². The lowest BCUT2D eigenvalue weighted by atomic mass is 10.1. The fourth-order valence-corrected chi connectivity index (χ4v) is 3.81. The van der Waals surface area contributed by atoms with Crippen LogP contribution in [0.1, 0.15) is 56.4 Å². The van der Waals surface area contributed by atoms with Gasteiger partial charge in [0.15, 0.2) is 5.11 Å². The molecule has 0 radical (unpaired) electrons. The molecular formula is C27H27BrN4O4S. The summed E-state index contributed by atoms with van der Waals surface area (Å²) in [4.78, 5) is 37.3. The molecule has 0 fully saturated rings. The number of hydrazine groups is 1. The van der Waals surface area contributed by atoms with Crippen LogP contribution in [0.4, 0.5) is 5.69 Å². The Labute approximate surface area is 229 Å². The van der Waals surface area contributed by atoms with E-state index in [1.54, 1.807) is 54.6 Å². The molecule has 0 unspecified atom stereocenters. The van der Waals surface area contributed by atoms with Gasteiger partial charge in [0.2, 0.25) is 0 Å². The maximum absolute atomic E-state index is 12.5. The van der Waals surface area contributed by atoms with Gasteiger partial charge in [0.05, 0.1) is 11.1 Å². The first-order chi connectivity index (χ1) is 17.8. The Bertz CT molecular complexity index is 1300. The maximum Gasteiger partial charge on any atom is 0.269 e. The van der Waals surface area contributed by atoms with Gasteiger partial charge in [-0.1, -0.05) is 31.0 Å². The number of benzene rings is 3. The van der Waals surface area contributed by atoms with E-state index in [0.717, 1.165) is 18.4 Å². The quantitative estimate of drug-likeness (QED) is 0.166. The average molecular weight is 584 g/mol. The second kappa shape index (κ2) is 13.5. The normalized spacial score (nSPS) is 10.2. The van der Waals surface area contributed by atoms with E-state index in [2.05, 4.69) is 44.3 Å². The highest BCUT2D eigenvalue weighted by Gasteiger charge is 2.13. The summed E-state index contributed by atoms with van der Waals surface area (Å²) in [6, 6.07) is 18.6. The van der Waals surface area contributed by atoms with Crippen LogP contribution in [0.25, 0.3) is 0 Å². The number of hydrogen-bond acceptors (Lipinski definition) is 5. The van der Waals surface area contributed by atoms with Gasteiger partial charge in [-0.25, -0.2) is 0 Å². The molecule has 3 rings (SSSR count). The molecule has 10 heteroatoms. The smallest absolute Gasteiger partial charge is 0.269 e. The predicted octanol–water partition coefficient (Wildman–Crippen LogP) is 5.14. The van der Waals surface area contributed by atoms with E-state index in [0.29, 0.717) is 39.2 Å². The SMILES string of the molecule is CCCCOc1ccc(C(=O)NC(=S)NNC(=O)c2ccc(NC(=O)c3cccc(C)c3)cc2)cc1Br. The zero-order chi connectivity index (χ0) is 26.8. The van der Waals surface area contributed by atoms with Gasteiger partial charge in [-0.05, 0) is 96.1 Å². The second-order valence-electron chi connectivity index (χ2n) is 8.11. The molecule has 0 saturated carbocycles. The number of carbonyl (C=O) groups is 3. The van der Waals surface area contributed by atoms with Gasteiger partial charge in [0.1, 0.15) is 5.75 Å². The van der Waals surface area contributed by atoms with Crippen molar-refractivity contribution in [3.05, 3.63) is 93.5 Å². The van der Waals surface area contributed by atoms with E-state index in [-0.39, 0.29) is 11.0 Å². The summed E-state index contributed by atoms with van der Waals surface area (Å²) < 4.78 is 6.32. The van der Waals surface area contributed by atoms with Crippen LogP contribution in [-0.4, -0.2) is 29.4 Å². The zero-order valence-electron chi connectivity index (χ0n) is 20.4. The van der Waals surface area contributed by atoms with Gasteiger partial charge in [-0.2, -0.15) is 0 Å². The predicted molar refractivity (Wildman–Crippen MR) is 151 cm³/mol. The number of aryl methyl sites for hydroxylation is 1. The van der Waals surface area contributed by atoms with Crippen molar-refractivity contribution >= 4 is 56.7 Å². The Morgan fingerprint density at radius 2 is 1.57 bits per heavy atom. The summed E-state index contributed by atoms with van der Waals surface area (Å²) in [5.41, 5.74) is 7.73. The van der Waals surface area contributed by atoms with Gasteiger partial charge in [-0.3, -0.25) is 30.6 Å². The van der Waals surface area contributed by atoms with Crippen LogP contribution >= 0.6 is 28.1 Å². The molecule has 0 aliphatic carbocycles. The monoisotopic (exact) mass is 582 g/mol. The lowest BCUT2D eigenvalue weighted by molar-refractivity contribution is 0.0934. The number of amides is 3. The molecular weight excluding hydrogens is 556 g/mol. The van der Waals surface area contributed by atoms with Crippen molar-refractivity contribution in [1.82, 2.24) is 16.2 Å². The molecule has 0 bridgehead atoms. The minimum Gasteiger partial charge on any atom is -0.492 e. The molecule has 0 spiro atoms. The Morgan fingerprint density at radius 3 is 2.24 bits per heavy atom. The fourth-order valence-electron chi connectivity index (χ4n) is 3.17. The van der Waals surface area contributed by atoms with E-state index in [9.17, 15) is 14.4 Å². The van der Waals surface area contributed by atoms with E-state index in [1.807, 2.05) is 19.1 Å². The molecule has 0 aromatic heterocycles. The minimum atomic E-state index is -0.468. The van der Waals surface area contributed by atoms with Crippen LogP contribution in [0, 0.1) is 6.92 Å². The molecule has 3 aromatic rings. The van der Waals surface area contributed by atoms with Gasteiger partial charge in [-0.15, -0.1) is 0 Å². The Hall–Kier alpha value is -3.76. The Kier molecular flexibility index (Phi) is 10.2. The van der Waals surface area contributed by atoms with Crippen LogP contribution in [0.5, 0.6) is 5.75 Å². The lowest BCUT2D eigenvalue weighted by Gasteiger charge is -2.12. The van der Waals surface area contributed by atoms with Crippen molar-refractivity contribution in [3.8, 4) is 5.75 Å². The van der Waals surface area contributed by atoms with Crippen LogP contribution in [-0.2, 0) is 0 Å². The zero-order valence-corrected chi connectivity index (χ0v) is 22.8. The number of anilines is 1. The highest BCUT2D eigenvalue weighted by atomic mass is 79.9. The van der Waals surface area contributed by atoms with Crippen molar-refractivity contribution in [2.24, 2.45) is 0 Å². The standard InChI is InChI=1S/C27H27BrN4O4S/c1-3-4-14-36-23-13-10-20(16-22(23)28)25(34)30-27(37)32-31-26(35)18-8-11-21(12-9-18)29-24(33)19-7-5-6-17(2)15-19/h5-13,15-16H,3-4,14H2,1-2H3,(H,29,33)(H,31,35)(H2,30,32,34,37). The van der Waals surface area contributed by atoms with Gasteiger partial charge in [0, 0.05) is 22.4 Å². The van der Waals surface area contributed by atoms with Gasteiger partial charge >= 0.3 is 0 Å². The van der Waals surface area contributed by atoms with Crippen LogP contribution in [0.15, 0.2) is 71.2 Å². The number of ether oxygens (including phenoxy) is 1. The van der Waals surface area contributed by atoms with E-state index >= 15 is 0 Å². The molecule has 0 saturated heterocycles. The summed E-state index contributed by atoms with van der Waals surface area (Å²) in [6.45, 7) is 4.59. The van der Waals surface area contributed by atoms with E-state index in [4.69, 9.17) is 17.0 Å². The summed E-state index contributed by atoms with van der Waals surface area (Å²) >= 11 is 8.52. The van der Waals surface area contributed by atoms with Crippen LogP contribution < -0.4 is 26.2 Å². The summed E-state index contributed by atoms with van der Waals surface area (Å²) in [5, 5.41) is 5.23. The molecule has 0 atom stereocenters. The van der Waals surface area contributed by atoms with Crippen molar-refractivity contribution < 1.29 is 19.1 Å². The first kappa shape index (κ1) is 27.8. The first-order valence-electron chi connectivity index (χ1n) is 11.6.